The number of amides is 1. The van der Waals surface area contributed by atoms with Crippen LogP contribution in [0.2, 0.25) is 0 Å². The number of carbonyl (C=O) groups is 1. The molecule has 0 spiro atoms. The first-order chi connectivity index (χ1) is 10.6. The lowest BCUT2D eigenvalue weighted by Gasteiger charge is -2.19. The van der Waals surface area contributed by atoms with Gasteiger partial charge in [0, 0.05) is 12.2 Å². The molecule has 0 atom stereocenters. The largest absolute Gasteiger partial charge is 0.444 e. The van der Waals surface area contributed by atoms with E-state index in [9.17, 15) is 13.2 Å². The van der Waals surface area contributed by atoms with Gasteiger partial charge in [0.2, 0.25) is 10.0 Å². The van der Waals surface area contributed by atoms with Crippen molar-refractivity contribution < 1.29 is 17.9 Å². The van der Waals surface area contributed by atoms with E-state index in [1.54, 1.807) is 12.1 Å². The van der Waals surface area contributed by atoms with Gasteiger partial charge in [0.1, 0.15) is 5.60 Å². The molecule has 0 radical (unpaired) electrons. The number of carbonyl (C=O) groups excluding carboxylic acids is 1. The van der Waals surface area contributed by atoms with E-state index in [2.05, 4.69) is 10.0 Å². The van der Waals surface area contributed by atoms with E-state index in [0.717, 1.165) is 31.1 Å². The molecule has 0 bridgehead atoms. The third-order valence-electron chi connectivity index (χ3n) is 2.82. The number of ether oxygens (including phenoxy) is 1. The van der Waals surface area contributed by atoms with Crippen molar-refractivity contribution in [1.82, 2.24) is 5.32 Å². The maximum absolute atomic E-state index is 11.5. The van der Waals surface area contributed by atoms with Crippen LogP contribution in [-0.2, 0) is 21.2 Å². The Morgan fingerprint density at radius 2 is 1.74 bits per heavy atom. The summed E-state index contributed by atoms with van der Waals surface area (Å²) in [7, 11) is -3.24. The topological polar surface area (TPSA) is 84.5 Å². The zero-order valence-corrected chi connectivity index (χ0v) is 15.0. The molecule has 0 aliphatic heterocycles. The van der Waals surface area contributed by atoms with Crippen molar-refractivity contribution in [1.29, 1.82) is 0 Å². The number of hydrogen-bond acceptors (Lipinski definition) is 4. The van der Waals surface area contributed by atoms with E-state index in [-0.39, 0.29) is 0 Å². The number of unbranched alkanes of at least 4 members (excludes halogenated alkanes) is 1. The lowest BCUT2D eigenvalue weighted by atomic mass is 10.1. The highest BCUT2D eigenvalue weighted by Crippen LogP contribution is 2.12. The maximum Gasteiger partial charge on any atom is 0.407 e. The van der Waals surface area contributed by atoms with Gasteiger partial charge in [-0.15, -0.1) is 0 Å². The molecule has 1 rings (SSSR count). The van der Waals surface area contributed by atoms with Crippen molar-refractivity contribution in [2.45, 2.75) is 45.6 Å². The fourth-order valence-electron chi connectivity index (χ4n) is 1.91. The van der Waals surface area contributed by atoms with Gasteiger partial charge in [0.15, 0.2) is 0 Å². The van der Waals surface area contributed by atoms with Gasteiger partial charge >= 0.3 is 6.09 Å². The van der Waals surface area contributed by atoms with Gasteiger partial charge in [-0.1, -0.05) is 12.1 Å². The van der Waals surface area contributed by atoms with E-state index >= 15 is 0 Å². The van der Waals surface area contributed by atoms with Crippen molar-refractivity contribution in [3.63, 3.8) is 0 Å². The Labute approximate surface area is 138 Å². The van der Waals surface area contributed by atoms with E-state index in [4.69, 9.17) is 4.74 Å². The molecule has 0 fully saturated rings. The van der Waals surface area contributed by atoms with E-state index in [1.165, 1.54) is 0 Å². The summed E-state index contributed by atoms with van der Waals surface area (Å²) in [5.74, 6) is 0. The number of benzene rings is 1. The molecular formula is C16H26N2O4S. The van der Waals surface area contributed by atoms with Gasteiger partial charge in [-0.25, -0.2) is 13.2 Å². The van der Waals surface area contributed by atoms with Gasteiger partial charge in [-0.05, 0) is 57.7 Å². The van der Waals surface area contributed by atoms with Gasteiger partial charge in [-0.3, -0.25) is 4.72 Å². The summed E-state index contributed by atoms with van der Waals surface area (Å²) in [5, 5.41) is 2.72. The molecule has 0 saturated heterocycles. The summed E-state index contributed by atoms with van der Waals surface area (Å²) < 4.78 is 29.8. The van der Waals surface area contributed by atoms with Crippen LogP contribution in [0, 0.1) is 0 Å². The summed E-state index contributed by atoms with van der Waals surface area (Å²) in [6, 6.07) is 7.29. The molecule has 0 unspecified atom stereocenters. The Kier molecular flexibility index (Phi) is 6.87. The van der Waals surface area contributed by atoms with E-state index < -0.39 is 21.7 Å². The number of sulfonamides is 1. The van der Waals surface area contributed by atoms with Crippen LogP contribution in [-0.4, -0.2) is 32.9 Å². The summed E-state index contributed by atoms with van der Waals surface area (Å²) in [6.07, 6.45) is 3.37. The monoisotopic (exact) mass is 342 g/mol. The second kappa shape index (κ2) is 8.19. The summed E-state index contributed by atoms with van der Waals surface area (Å²) in [6.45, 7) is 6.06. The maximum atomic E-state index is 11.5. The van der Waals surface area contributed by atoms with Crippen molar-refractivity contribution in [2.75, 3.05) is 17.5 Å². The van der Waals surface area contributed by atoms with Gasteiger partial charge in [0.05, 0.1) is 6.26 Å². The number of alkyl carbamates (subject to hydrolysis) is 1. The predicted octanol–water partition coefficient (Wildman–Crippen LogP) is 2.91. The quantitative estimate of drug-likeness (QED) is 0.746. The molecule has 0 heterocycles. The van der Waals surface area contributed by atoms with Crippen LogP contribution in [0.1, 0.15) is 39.2 Å². The number of nitrogens with one attached hydrogen (secondary N) is 2. The van der Waals surface area contributed by atoms with Crippen LogP contribution in [0.3, 0.4) is 0 Å². The first-order valence-electron chi connectivity index (χ1n) is 7.59. The number of aryl methyl sites for hydroxylation is 1. The number of hydrogen-bond donors (Lipinski definition) is 2. The molecule has 1 aromatic carbocycles. The zero-order chi connectivity index (χ0) is 17.5. The molecule has 7 heteroatoms. The standard InChI is InChI=1S/C16H26N2O4S/c1-16(2,3)22-15(19)17-12-6-5-7-13-8-10-14(11-9-13)18-23(4,20)21/h8-11,18H,5-7,12H2,1-4H3,(H,17,19). The molecule has 1 amide bonds. The second-order valence-corrected chi connectivity index (χ2v) is 8.21. The van der Waals surface area contributed by atoms with Crippen molar-refractivity contribution in [3.05, 3.63) is 29.8 Å². The third kappa shape index (κ3) is 9.78. The minimum atomic E-state index is -3.24. The van der Waals surface area contributed by atoms with Gasteiger partial charge in [0.25, 0.3) is 0 Å². The summed E-state index contributed by atoms with van der Waals surface area (Å²) >= 11 is 0. The van der Waals surface area contributed by atoms with Crippen LogP contribution in [0.15, 0.2) is 24.3 Å². The predicted molar refractivity (Wildman–Crippen MR) is 92.1 cm³/mol. The number of anilines is 1. The fraction of sp³-hybridized carbons (Fsp3) is 0.562. The molecular weight excluding hydrogens is 316 g/mol. The second-order valence-electron chi connectivity index (χ2n) is 6.46. The normalized spacial score (nSPS) is 11.8. The molecule has 0 aliphatic carbocycles. The van der Waals surface area contributed by atoms with Crippen molar-refractivity contribution >= 4 is 21.8 Å². The fourth-order valence-corrected chi connectivity index (χ4v) is 2.48. The number of rotatable bonds is 7. The highest BCUT2D eigenvalue weighted by atomic mass is 32.2. The summed E-state index contributed by atoms with van der Waals surface area (Å²) in [5.41, 5.74) is 1.20. The van der Waals surface area contributed by atoms with Gasteiger partial charge < -0.3 is 10.1 Å². The average Bonchev–Trinajstić information content (AvgIpc) is 2.36. The highest BCUT2D eigenvalue weighted by molar-refractivity contribution is 7.92. The van der Waals surface area contributed by atoms with Crippen LogP contribution in [0.25, 0.3) is 0 Å². The molecule has 6 nitrogen and oxygen atoms in total. The van der Waals surface area contributed by atoms with Crippen LogP contribution >= 0.6 is 0 Å². The van der Waals surface area contributed by atoms with Crippen molar-refractivity contribution in [2.24, 2.45) is 0 Å². The summed E-state index contributed by atoms with van der Waals surface area (Å²) in [4.78, 5) is 11.5. The minimum Gasteiger partial charge on any atom is -0.444 e. The molecule has 23 heavy (non-hydrogen) atoms. The lowest BCUT2D eigenvalue weighted by molar-refractivity contribution is 0.0527. The Bertz CT molecular complexity index is 604. The SMILES string of the molecule is CC(C)(C)OC(=O)NCCCCc1ccc(NS(C)(=O)=O)cc1. The van der Waals surface area contributed by atoms with E-state index in [0.29, 0.717) is 12.2 Å². The molecule has 130 valence electrons. The lowest BCUT2D eigenvalue weighted by Crippen LogP contribution is -2.33. The first kappa shape index (κ1) is 19.3. The molecule has 0 aromatic heterocycles. The van der Waals surface area contributed by atoms with Gasteiger partial charge in [-0.2, -0.15) is 0 Å². The van der Waals surface area contributed by atoms with Crippen LogP contribution < -0.4 is 10.0 Å². The highest BCUT2D eigenvalue weighted by Gasteiger charge is 2.15. The Morgan fingerprint density at radius 3 is 2.26 bits per heavy atom. The minimum absolute atomic E-state index is 0.395. The zero-order valence-electron chi connectivity index (χ0n) is 14.2. The Hall–Kier alpha value is -1.76. The molecule has 0 aliphatic rings. The molecule has 1 aromatic rings. The Morgan fingerprint density at radius 1 is 1.13 bits per heavy atom. The van der Waals surface area contributed by atoms with E-state index in [1.807, 2.05) is 32.9 Å². The van der Waals surface area contributed by atoms with Crippen LogP contribution in [0.5, 0.6) is 0 Å². The van der Waals surface area contributed by atoms with Crippen LogP contribution in [0.4, 0.5) is 10.5 Å². The average molecular weight is 342 g/mol. The molecule has 2 N–H and O–H groups in total. The smallest absolute Gasteiger partial charge is 0.407 e. The molecule has 0 saturated carbocycles. The first-order valence-corrected chi connectivity index (χ1v) is 9.48. The third-order valence-corrected chi connectivity index (χ3v) is 3.42. The van der Waals surface area contributed by atoms with Crippen molar-refractivity contribution in [3.8, 4) is 0 Å². The Balaban J connectivity index is 2.25.